The summed E-state index contributed by atoms with van der Waals surface area (Å²) in [7, 11) is 0. The van der Waals surface area contributed by atoms with E-state index in [0.717, 1.165) is 12.1 Å². The third-order valence-electron chi connectivity index (χ3n) is 4.54. The first-order valence-electron chi connectivity index (χ1n) is 8.55. The molecular formula is C20H18F3NO3. The van der Waals surface area contributed by atoms with Crippen molar-refractivity contribution in [3.05, 3.63) is 65.7 Å². The van der Waals surface area contributed by atoms with Crippen molar-refractivity contribution in [1.29, 1.82) is 0 Å². The number of carbonyl (C=O) groups is 2. The molecule has 4 nitrogen and oxygen atoms in total. The lowest BCUT2D eigenvalue weighted by Crippen LogP contribution is -2.29. The second-order valence-electron chi connectivity index (χ2n) is 6.43. The van der Waals surface area contributed by atoms with Crippen molar-refractivity contribution in [3.63, 3.8) is 0 Å². The molecule has 1 aliphatic heterocycles. The second kappa shape index (κ2) is 7.82. The van der Waals surface area contributed by atoms with E-state index in [1.807, 2.05) is 0 Å². The van der Waals surface area contributed by atoms with Crippen LogP contribution in [-0.2, 0) is 15.8 Å². The van der Waals surface area contributed by atoms with Gasteiger partial charge in [0.15, 0.2) is 0 Å². The quantitative estimate of drug-likeness (QED) is 0.631. The van der Waals surface area contributed by atoms with Crippen LogP contribution in [0.5, 0.6) is 5.75 Å². The molecule has 1 saturated heterocycles. The van der Waals surface area contributed by atoms with E-state index in [9.17, 15) is 22.8 Å². The fourth-order valence-electron chi connectivity index (χ4n) is 3.20. The Morgan fingerprint density at radius 3 is 2.37 bits per heavy atom. The van der Waals surface area contributed by atoms with E-state index in [1.165, 1.54) is 12.1 Å². The van der Waals surface area contributed by atoms with Crippen LogP contribution in [0.1, 0.15) is 36.3 Å². The molecule has 2 aromatic carbocycles. The van der Waals surface area contributed by atoms with Crippen molar-refractivity contribution in [1.82, 2.24) is 5.32 Å². The average Bonchev–Trinajstić information content (AvgIpc) is 3.01. The number of carbonyl (C=O) groups excluding carboxylic acids is 2. The fourth-order valence-corrected chi connectivity index (χ4v) is 3.20. The fraction of sp³-hybridized carbons (Fsp3) is 0.300. The first kappa shape index (κ1) is 18.9. The standard InChI is InChI=1S/C20H18F3NO3/c21-20(22,23)14-8-6-13(7-9-14)16-12-18(25)24-17(16)10-11-19(26)27-15-4-2-1-3-5-15/h1-9,16-17H,10-12H2,(H,24,25). The maximum absolute atomic E-state index is 12.7. The van der Waals surface area contributed by atoms with Crippen LogP contribution >= 0.6 is 0 Å². The highest BCUT2D eigenvalue weighted by atomic mass is 19.4. The van der Waals surface area contributed by atoms with Gasteiger partial charge in [-0.3, -0.25) is 9.59 Å². The molecular weight excluding hydrogens is 359 g/mol. The third kappa shape index (κ3) is 4.87. The minimum Gasteiger partial charge on any atom is -0.427 e. The van der Waals surface area contributed by atoms with Gasteiger partial charge in [0, 0.05) is 24.8 Å². The minimum atomic E-state index is -4.40. The zero-order valence-electron chi connectivity index (χ0n) is 14.3. The Labute approximate surface area is 154 Å². The van der Waals surface area contributed by atoms with E-state index in [2.05, 4.69) is 5.32 Å². The molecule has 0 bridgehead atoms. The zero-order chi connectivity index (χ0) is 19.4. The van der Waals surface area contributed by atoms with Crippen molar-refractivity contribution >= 4 is 11.9 Å². The van der Waals surface area contributed by atoms with E-state index in [4.69, 9.17) is 4.74 Å². The summed E-state index contributed by atoms with van der Waals surface area (Å²) in [5, 5.41) is 2.80. The van der Waals surface area contributed by atoms with Gasteiger partial charge in [-0.2, -0.15) is 13.2 Å². The van der Waals surface area contributed by atoms with E-state index in [1.54, 1.807) is 30.3 Å². The maximum Gasteiger partial charge on any atom is 0.416 e. The van der Waals surface area contributed by atoms with Crippen LogP contribution in [-0.4, -0.2) is 17.9 Å². The van der Waals surface area contributed by atoms with Gasteiger partial charge in [-0.05, 0) is 36.2 Å². The van der Waals surface area contributed by atoms with Crippen LogP contribution in [0.4, 0.5) is 13.2 Å². The van der Waals surface area contributed by atoms with Gasteiger partial charge in [0.1, 0.15) is 5.75 Å². The molecule has 2 unspecified atom stereocenters. The predicted molar refractivity (Wildman–Crippen MR) is 92.0 cm³/mol. The maximum atomic E-state index is 12.7. The molecule has 2 aromatic rings. The van der Waals surface area contributed by atoms with E-state index in [-0.39, 0.29) is 30.7 Å². The number of para-hydroxylation sites is 1. The smallest absolute Gasteiger partial charge is 0.416 e. The Morgan fingerprint density at radius 2 is 1.74 bits per heavy atom. The molecule has 142 valence electrons. The molecule has 27 heavy (non-hydrogen) atoms. The molecule has 0 aromatic heterocycles. The molecule has 1 amide bonds. The normalized spacial score (nSPS) is 19.6. The number of alkyl halides is 3. The molecule has 1 heterocycles. The second-order valence-corrected chi connectivity index (χ2v) is 6.43. The van der Waals surface area contributed by atoms with Crippen molar-refractivity contribution in [3.8, 4) is 5.75 Å². The number of rotatable bonds is 5. The number of hydrogen-bond donors (Lipinski definition) is 1. The predicted octanol–water partition coefficient (Wildman–Crippen LogP) is 4.06. The Kier molecular flexibility index (Phi) is 5.48. The monoisotopic (exact) mass is 377 g/mol. The van der Waals surface area contributed by atoms with E-state index < -0.39 is 17.7 Å². The molecule has 1 N–H and O–H groups in total. The van der Waals surface area contributed by atoms with Gasteiger partial charge in [-0.1, -0.05) is 30.3 Å². The summed E-state index contributed by atoms with van der Waals surface area (Å²) in [5.74, 6) is -0.434. The summed E-state index contributed by atoms with van der Waals surface area (Å²) in [4.78, 5) is 23.8. The highest BCUT2D eigenvalue weighted by Crippen LogP contribution is 2.34. The van der Waals surface area contributed by atoms with Gasteiger partial charge >= 0.3 is 12.1 Å². The minimum absolute atomic E-state index is 0.0942. The first-order valence-corrected chi connectivity index (χ1v) is 8.55. The number of benzene rings is 2. The summed E-state index contributed by atoms with van der Waals surface area (Å²) >= 11 is 0. The van der Waals surface area contributed by atoms with Gasteiger partial charge in [-0.25, -0.2) is 0 Å². The van der Waals surface area contributed by atoms with Crippen molar-refractivity contribution in [2.24, 2.45) is 0 Å². The lowest BCUT2D eigenvalue weighted by atomic mass is 9.89. The molecule has 0 saturated carbocycles. The van der Waals surface area contributed by atoms with Crippen LogP contribution in [0.25, 0.3) is 0 Å². The number of amides is 1. The molecule has 1 aliphatic rings. The van der Waals surface area contributed by atoms with Crippen molar-refractivity contribution in [2.45, 2.75) is 37.4 Å². The SMILES string of the molecule is O=C1CC(c2ccc(C(F)(F)F)cc2)C(CCC(=O)Oc2ccccc2)N1. The van der Waals surface area contributed by atoms with Gasteiger partial charge in [-0.15, -0.1) is 0 Å². The van der Waals surface area contributed by atoms with Crippen molar-refractivity contribution < 1.29 is 27.5 Å². The Hall–Kier alpha value is -2.83. The zero-order valence-corrected chi connectivity index (χ0v) is 14.3. The Bertz CT molecular complexity index is 803. The van der Waals surface area contributed by atoms with Crippen LogP contribution in [0.3, 0.4) is 0 Å². The van der Waals surface area contributed by atoms with E-state index >= 15 is 0 Å². The van der Waals surface area contributed by atoms with Crippen LogP contribution < -0.4 is 10.1 Å². The third-order valence-corrected chi connectivity index (χ3v) is 4.54. The summed E-state index contributed by atoms with van der Waals surface area (Å²) in [6, 6.07) is 13.1. The molecule has 0 spiro atoms. The molecule has 0 radical (unpaired) electrons. The molecule has 3 rings (SSSR count). The van der Waals surface area contributed by atoms with Crippen LogP contribution in [0, 0.1) is 0 Å². The van der Waals surface area contributed by atoms with Crippen molar-refractivity contribution in [2.75, 3.05) is 0 Å². The molecule has 0 aliphatic carbocycles. The first-order chi connectivity index (χ1) is 12.8. The Morgan fingerprint density at radius 1 is 1.07 bits per heavy atom. The number of esters is 1. The average molecular weight is 377 g/mol. The van der Waals surface area contributed by atoms with Gasteiger partial charge in [0.25, 0.3) is 0 Å². The summed E-state index contributed by atoms with van der Waals surface area (Å²) in [5.41, 5.74) is -0.0886. The number of nitrogens with one attached hydrogen (secondary N) is 1. The van der Waals surface area contributed by atoms with E-state index in [0.29, 0.717) is 17.7 Å². The lowest BCUT2D eigenvalue weighted by molar-refractivity contribution is -0.137. The largest absolute Gasteiger partial charge is 0.427 e. The summed E-state index contributed by atoms with van der Waals surface area (Å²) < 4.78 is 43.3. The summed E-state index contributed by atoms with van der Waals surface area (Å²) in [6.45, 7) is 0. The number of halogens is 3. The van der Waals surface area contributed by atoms with Gasteiger partial charge in [0.05, 0.1) is 5.56 Å². The number of hydrogen-bond acceptors (Lipinski definition) is 3. The summed E-state index contributed by atoms with van der Waals surface area (Å²) in [6.07, 6.45) is -3.77. The number of ether oxygens (including phenoxy) is 1. The lowest BCUT2D eigenvalue weighted by Gasteiger charge is -2.19. The topological polar surface area (TPSA) is 55.4 Å². The Balaban J connectivity index is 1.62. The highest BCUT2D eigenvalue weighted by molar-refractivity contribution is 5.80. The molecule has 7 heteroatoms. The van der Waals surface area contributed by atoms with Crippen LogP contribution in [0.2, 0.25) is 0 Å². The highest BCUT2D eigenvalue weighted by Gasteiger charge is 2.35. The van der Waals surface area contributed by atoms with Gasteiger partial charge < -0.3 is 10.1 Å². The van der Waals surface area contributed by atoms with Crippen LogP contribution in [0.15, 0.2) is 54.6 Å². The molecule has 1 fully saturated rings. The van der Waals surface area contributed by atoms with Gasteiger partial charge in [0.2, 0.25) is 5.91 Å². The molecule has 2 atom stereocenters.